The average molecular weight is 340 g/mol. The molecule has 2 heterocycles. The van der Waals surface area contributed by atoms with Gasteiger partial charge in [0.2, 0.25) is 0 Å². The van der Waals surface area contributed by atoms with Crippen molar-refractivity contribution < 1.29 is 18.3 Å². The lowest BCUT2D eigenvalue weighted by Crippen LogP contribution is -2.43. The van der Waals surface area contributed by atoms with E-state index in [4.69, 9.17) is 0 Å². The van der Waals surface area contributed by atoms with Crippen LogP contribution in [0.1, 0.15) is 29.7 Å². The minimum atomic E-state index is -4.43. The maximum absolute atomic E-state index is 12.9. The highest BCUT2D eigenvalue weighted by molar-refractivity contribution is 5.30. The number of hydrogen-bond acceptors (Lipinski definition) is 4. The molecule has 1 aliphatic rings. The summed E-state index contributed by atoms with van der Waals surface area (Å²) in [7, 11) is 0. The summed E-state index contributed by atoms with van der Waals surface area (Å²) in [6.45, 7) is 5.53. The summed E-state index contributed by atoms with van der Waals surface area (Å²) in [6.07, 6.45) is -4.43. The molecular weight excluding hydrogens is 321 g/mol. The highest BCUT2D eigenvalue weighted by Gasteiger charge is 2.34. The second-order valence-corrected chi connectivity index (χ2v) is 6.38. The van der Waals surface area contributed by atoms with Crippen LogP contribution in [0.2, 0.25) is 0 Å². The van der Waals surface area contributed by atoms with Crippen molar-refractivity contribution in [2.45, 2.75) is 38.7 Å². The number of halogens is 3. The molecule has 0 amide bonds. The fourth-order valence-corrected chi connectivity index (χ4v) is 3.05. The topological polar surface area (TPSA) is 54.2 Å². The van der Waals surface area contributed by atoms with Gasteiger partial charge in [-0.3, -0.25) is 4.90 Å². The first-order valence-electron chi connectivity index (χ1n) is 7.68. The number of aromatic nitrogens is 3. The van der Waals surface area contributed by atoms with Crippen molar-refractivity contribution in [1.82, 2.24) is 19.7 Å². The van der Waals surface area contributed by atoms with Gasteiger partial charge in [0.15, 0.2) is 0 Å². The summed E-state index contributed by atoms with van der Waals surface area (Å²) in [5.74, 6) is 1.65. The number of rotatable bonds is 3. The van der Waals surface area contributed by atoms with E-state index in [1.165, 1.54) is 19.1 Å². The Bertz CT molecular complexity index is 739. The van der Waals surface area contributed by atoms with Gasteiger partial charge in [-0.05, 0) is 31.5 Å². The Hall–Kier alpha value is -1.93. The second-order valence-electron chi connectivity index (χ2n) is 6.38. The van der Waals surface area contributed by atoms with Crippen molar-refractivity contribution >= 4 is 0 Å². The predicted molar refractivity (Wildman–Crippen MR) is 81.1 cm³/mol. The molecule has 3 rings (SSSR count). The average Bonchev–Trinajstić information content (AvgIpc) is 2.87. The van der Waals surface area contributed by atoms with E-state index in [0.717, 1.165) is 23.8 Å². The number of aliphatic hydroxyl groups is 1. The largest absolute Gasteiger partial charge is 0.416 e. The van der Waals surface area contributed by atoms with Crippen molar-refractivity contribution in [2.75, 3.05) is 13.1 Å². The van der Waals surface area contributed by atoms with Crippen LogP contribution in [0.25, 0.3) is 0 Å². The number of benzene rings is 1. The monoisotopic (exact) mass is 340 g/mol. The third kappa shape index (κ3) is 3.29. The summed E-state index contributed by atoms with van der Waals surface area (Å²) in [5, 5.41) is 18.9. The van der Waals surface area contributed by atoms with Gasteiger partial charge in [-0.2, -0.15) is 13.2 Å². The zero-order valence-corrected chi connectivity index (χ0v) is 13.5. The summed E-state index contributed by atoms with van der Waals surface area (Å²) >= 11 is 0. The predicted octanol–water partition coefficient (Wildman–Crippen LogP) is 2.33. The number of alkyl halides is 3. The van der Waals surface area contributed by atoms with Crippen molar-refractivity contribution in [3.05, 3.63) is 47.0 Å². The Labute approximate surface area is 137 Å². The van der Waals surface area contributed by atoms with Crippen molar-refractivity contribution in [3.63, 3.8) is 0 Å². The van der Waals surface area contributed by atoms with Gasteiger partial charge in [-0.25, -0.2) is 0 Å². The number of nitrogens with zero attached hydrogens (tertiary/aromatic N) is 4. The highest BCUT2D eigenvalue weighted by Crippen LogP contribution is 2.32. The fraction of sp³-hybridized carbons (Fsp3) is 0.500. The molecule has 2 aromatic rings. The van der Waals surface area contributed by atoms with E-state index >= 15 is 0 Å². The smallest absolute Gasteiger partial charge is 0.384 e. The third-order valence-electron chi connectivity index (χ3n) is 4.36. The van der Waals surface area contributed by atoms with Crippen LogP contribution in [-0.2, 0) is 24.9 Å². The molecule has 5 nitrogen and oxygen atoms in total. The lowest BCUT2D eigenvalue weighted by Gasteiger charge is -2.34. The van der Waals surface area contributed by atoms with Crippen LogP contribution >= 0.6 is 0 Å². The van der Waals surface area contributed by atoms with Crippen molar-refractivity contribution in [2.24, 2.45) is 0 Å². The third-order valence-corrected chi connectivity index (χ3v) is 4.36. The van der Waals surface area contributed by atoms with Gasteiger partial charge in [0.1, 0.15) is 11.6 Å². The van der Waals surface area contributed by atoms with E-state index in [2.05, 4.69) is 10.2 Å². The molecule has 0 radical (unpaired) electrons. The van der Waals surface area contributed by atoms with Gasteiger partial charge < -0.3 is 9.67 Å². The maximum atomic E-state index is 12.9. The molecule has 0 saturated carbocycles. The Balaban J connectivity index is 1.77. The van der Waals surface area contributed by atoms with Crippen molar-refractivity contribution in [1.29, 1.82) is 0 Å². The lowest BCUT2D eigenvalue weighted by atomic mass is 9.93. The molecule has 1 aliphatic heterocycles. The molecule has 0 aliphatic carbocycles. The van der Waals surface area contributed by atoms with Gasteiger partial charge in [0.05, 0.1) is 17.7 Å². The standard InChI is InChI=1S/C16H19F3N4O/c1-11-20-21-14-9-22(6-7-23(11)14)10-15(2,24)12-4-3-5-13(8-12)16(17,18)19/h3-5,8,24H,6-7,9-10H2,1-2H3. The Kier molecular flexibility index (Phi) is 4.13. The molecule has 1 aromatic carbocycles. The Morgan fingerprint density at radius 3 is 2.58 bits per heavy atom. The first-order chi connectivity index (χ1) is 11.2. The van der Waals surface area contributed by atoms with Crippen LogP contribution in [0.3, 0.4) is 0 Å². The van der Waals surface area contributed by atoms with Gasteiger partial charge in [0, 0.05) is 19.6 Å². The summed E-state index contributed by atoms with van der Waals surface area (Å²) in [4.78, 5) is 1.98. The highest BCUT2D eigenvalue weighted by atomic mass is 19.4. The first kappa shape index (κ1) is 16.9. The molecule has 24 heavy (non-hydrogen) atoms. The molecule has 130 valence electrons. The summed E-state index contributed by atoms with van der Waals surface area (Å²) < 4.78 is 40.6. The van der Waals surface area contributed by atoms with Gasteiger partial charge in [-0.1, -0.05) is 12.1 Å². The maximum Gasteiger partial charge on any atom is 0.416 e. The molecule has 0 fully saturated rings. The molecule has 0 bridgehead atoms. The fourth-order valence-electron chi connectivity index (χ4n) is 3.05. The number of β-amino-alcohol motifs (C(OH)–C–C–N with tert-alkyl or cyclic N) is 1. The normalized spacial score (nSPS) is 18.2. The van der Waals surface area contributed by atoms with E-state index in [1.54, 1.807) is 0 Å². The molecule has 1 atom stereocenters. The molecule has 8 heteroatoms. The minimum absolute atomic E-state index is 0.222. The minimum Gasteiger partial charge on any atom is -0.384 e. The Morgan fingerprint density at radius 1 is 1.17 bits per heavy atom. The molecule has 0 spiro atoms. The first-order valence-corrected chi connectivity index (χ1v) is 7.68. The zero-order valence-electron chi connectivity index (χ0n) is 13.5. The number of fused-ring (bicyclic) bond motifs is 1. The van der Waals surface area contributed by atoms with Crippen LogP contribution in [0.5, 0.6) is 0 Å². The zero-order chi connectivity index (χ0) is 17.5. The number of hydrogen-bond donors (Lipinski definition) is 1. The number of aryl methyl sites for hydroxylation is 1. The van der Waals surface area contributed by atoms with E-state index in [0.29, 0.717) is 19.6 Å². The van der Waals surface area contributed by atoms with E-state index < -0.39 is 17.3 Å². The van der Waals surface area contributed by atoms with Crippen molar-refractivity contribution in [3.8, 4) is 0 Å². The van der Waals surface area contributed by atoms with Crippen LogP contribution in [0.4, 0.5) is 13.2 Å². The second kappa shape index (κ2) is 5.86. The van der Waals surface area contributed by atoms with Crippen LogP contribution in [-0.4, -0.2) is 37.9 Å². The van der Waals surface area contributed by atoms with Crippen LogP contribution in [0, 0.1) is 6.92 Å². The Morgan fingerprint density at radius 2 is 1.88 bits per heavy atom. The van der Waals surface area contributed by atoms with E-state index in [1.807, 2.05) is 16.4 Å². The van der Waals surface area contributed by atoms with Gasteiger partial charge in [0.25, 0.3) is 0 Å². The lowest BCUT2D eigenvalue weighted by molar-refractivity contribution is -0.137. The van der Waals surface area contributed by atoms with E-state index in [-0.39, 0.29) is 12.1 Å². The van der Waals surface area contributed by atoms with Crippen LogP contribution < -0.4 is 0 Å². The van der Waals surface area contributed by atoms with E-state index in [9.17, 15) is 18.3 Å². The SMILES string of the molecule is Cc1nnc2n1CCN(CC(C)(O)c1cccc(C(F)(F)F)c1)C2. The molecular formula is C16H19F3N4O. The molecule has 0 saturated heterocycles. The summed E-state index contributed by atoms with van der Waals surface area (Å²) in [6, 6.07) is 4.86. The van der Waals surface area contributed by atoms with Crippen LogP contribution in [0.15, 0.2) is 24.3 Å². The summed E-state index contributed by atoms with van der Waals surface area (Å²) in [5.41, 5.74) is -1.90. The van der Waals surface area contributed by atoms with Gasteiger partial charge in [-0.15, -0.1) is 10.2 Å². The molecule has 1 N–H and O–H groups in total. The molecule has 1 aromatic heterocycles. The quantitative estimate of drug-likeness (QED) is 0.932. The molecule has 1 unspecified atom stereocenters. The van der Waals surface area contributed by atoms with Gasteiger partial charge >= 0.3 is 6.18 Å².